The Bertz CT molecular complexity index is 741. The molecule has 0 saturated heterocycles. The van der Waals surface area contributed by atoms with Crippen molar-refractivity contribution in [3.05, 3.63) is 47.7 Å². The molecular weight excluding hydrogens is 272 g/mol. The van der Waals surface area contributed by atoms with Crippen molar-refractivity contribution in [2.75, 3.05) is 5.32 Å². The lowest BCUT2D eigenvalue weighted by Gasteiger charge is -2.05. The predicted molar refractivity (Wildman–Crippen MR) is 79.3 cm³/mol. The van der Waals surface area contributed by atoms with Gasteiger partial charge in [0.05, 0.1) is 15.6 Å². The number of nitrogens with one attached hydrogen (secondary N) is 1. The largest absolute Gasteiger partial charge is 0.508 e. The van der Waals surface area contributed by atoms with Crippen LogP contribution in [0.3, 0.4) is 0 Å². The molecule has 0 aliphatic carbocycles. The zero-order chi connectivity index (χ0) is 13.9. The molecular formula is C14H12N4OS. The molecule has 20 heavy (non-hydrogen) atoms. The molecule has 0 atom stereocenters. The van der Waals surface area contributed by atoms with Crippen molar-refractivity contribution in [1.82, 2.24) is 15.0 Å². The Balaban J connectivity index is 1.88. The lowest BCUT2D eigenvalue weighted by Crippen LogP contribution is -1.97. The highest BCUT2D eigenvalue weighted by Crippen LogP contribution is 2.25. The number of anilines is 2. The van der Waals surface area contributed by atoms with Crippen molar-refractivity contribution in [3.8, 4) is 16.3 Å². The Labute approximate surface area is 120 Å². The fourth-order valence-corrected chi connectivity index (χ4v) is 2.50. The van der Waals surface area contributed by atoms with Gasteiger partial charge in [-0.2, -0.15) is 0 Å². The molecule has 0 saturated carbocycles. The van der Waals surface area contributed by atoms with Gasteiger partial charge in [0.2, 0.25) is 5.95 Å². The van der Waals surface area contributed by atoms with Gasteiger partial charge in [-0.3, -0.25) is 0 Å². The van der Waals surface area contributed by atoms with Gasteiger partial charge in [-0.05, 0) is 25.1 Å². The average Bonchev–Trinajstić information content (AvgIpc) is 2.86. The number of aromatic hydroxyl groups is 1. The molecule has 0 spiro atoms. The topological polar surface area (TPSA) is 70.9 Å². The van der Waals surface area contributed by atoms with Gasteiger partial charge < -0.3 is 10.4 Å². The number of aryl methyl sites for hydroxylation is 1. The van der Waals surface area contributed by atoms with Crippen molar-refractivity contribution in [2.24, 2.45) is 0 Å². The quantitative estimate of drug-likeness (QED) is 0.771. The van der Waals surface area contributed by atoms with E-state index >= 15 is 0 Å². The van der Waals surface area contributed by atoms with Crippen LogP contribution in [0.5, 0.6) is 5.75 Å². The monoisotopic (exact) mass is 284 g/mol. The maximum atomic E-state index is 9.44. The molecule has 1 aromatic carbocycles. The first-order valence-corrected chi connectivity index (χ1v) is 6.84. The number of hydrogen-bond donors (Lipinski definition) is 2. The Kier molecular flexibility index (Phi) is 3.30. The van der Waals surface area contributed by atoms with Crippen LogP contribution in [-0.2, 0) is 0 Å². The van der Waals surface area contributed by atoms with E-state index in [-0.39, 0.29) is 5.75 Å². The van der Waals surface area contributed by atoms with E-state index in [1.54, 1.807) is 41.9 Å². The number of aromatic nitrogens is 3. The minimum Gasteiger partial charge on any atom is -0.508 e. The van der Waals surface area contributed by atoms with Crippen LogP contribution in [0.4, 0.5) is 11.6 Å². The van der Waals surface area contributed by atoms with Gasteiger partial charge in [-0.1, -0.05) is 6.07 Å². The van der Waals surface area contributed by atoms with Crippen molar-refractivity contribution in [1.29, 1.82) is 0 Å². The number of thiazole rings is 1. The Hall–Kier alpha value is -2.47. The summed E-state index contributed by atoms with van der Waals surface area (Å²) in [5.74, 6) is 0.684. The van der Waals surface area contributed by atoms with Crippen LogP contribution in [0.25, 0.3) is 10.6 Å². The first kappa shape index (κ1) is 12.6. The molecule has 3 rings (SSSR count). The minimum absolute atomic E-state index is 0.198. The molecule has 2 heterocycles. The third-order valence-corrected chi connectivity index (χ3v) is 3.57. The van der Waals surface area contributed by atoms with E-state index in [9.17, 15) is 5.11 Å². The molecule has 0 fully saturated rings. The summed E-state index contributed by atoms with van der Waals surface area (Å²) in [5.41, 5.74) is 1.57. The molecule has 0 aliphatic heterocycles. The fourth-order valence-electron chi connectivity index (χ4n) is 1.75. The van der Waals surface area contributed by atoms with Crippen LogP contribution >= 0.6 is 11.3 Å². The summed E-state index contributed by atoms with van der Waals surface area (Å²) in [7, 11) is 0. The van der Waals surface area contributed by atoms with Gasteiger partial charge >= 0.3 is 0 Å². The summed E-state index contributed by atoms with van der Waals surface area (Å²) in [4.78, 5) is 13.9. The lowest BCUT2D eigenvalue weighted by molar-refractivity contribution is 0.475. The molecule has 2 aromatic heterocycles. The standard InChI is InChI=1S/C14H12N4OS/c1-9-16-8-13(20-9)12-5-6-15-14(18-12)17-10-3-2-4-11(19)7-10/h2-8,19H,1H3,(H,15,17,18). The first-order chi connectivity index (χ1) is 9.70. The molecule has 100 valence electrons. The molecule has 2 N–H and O–H groups in total. The molecule has 0 bridgehead atoms. The number of hydrogen-bond acceptors (Lipinski definition) is 6. The van der Waals surface area contributed by atoms with Crippen LogP contribution in [0, 0.1) is 6.92 Å². The van der Waals surface area contributed by atoms with E-state index in [1.165, 1.54) is 0 Å². The van der Waals surface area contributed by atoms with Crippen LogP contribution in [0.2, 0.25) is 0 Å². The van der Waals surface area contributed by atoms with E-state index in [4.69, 9.17) is 0 Å². The highest BCUT2D eigenvalue weighted by molar-refractivity contribution is 7.15. The van der Waals surface area contributed by atoms with E-state index < -0.39 is 0 Å². The Morgan fingerprint density at radius 3 is 2.85 bits per heavy atom. The van der Waals surface area contributed by atoms with Gasteiger partial charge in [0.25, 0.3) is 0 Å². The second kappa shape index (κ2) is 5.26. The molecule has 0 radical (unpaired) electrons. The Morgan fingerprint density at radius 1 is 1.20 bits per heavy atom. The summed E-state index contributed by atoms with van der Waals surface area (Å²) in [6.45, 7) is 1.96. The molecule has 5 nitrogen and oxygen atoms in total. The molecule has 3 aromatic rings. The maximum Gasteiger partial charge on any atom is 0.227 e. The van der Waals surface area contributed by atoms with Crippen LogP contribution in [0.1, 0.15) is 5.01 Å². The summed E-state index contributed by atoms with van der Waals surface area (Å²) in [6.07, 6.45) is 3.50. The molecule has 0 aliphatic rings. The smallest absolute Gasteiger partial charge is 0.227 e. The third-order valence-electron chi connectivity index (χ3n) is 2.63. The van der Waals surface area contributed by atoms with Gasteiger partial charge in [-0.15, -0.1) is 11.3 Å². The van der Waals surface area contributed by atoms with Crippen LogP contribution < -0.4 is 5.32 Å². The molecule has 6 heteroatoms. The number of benzene rings is 1. The van der Waals surface area contributed by atoms with Crippen molar-refractivity contribution in [2.45, 2.75) is 6.92 Å². The van der Waals surface area contributed by atoms with Crippen molar-refractivity contribution < 1.29 is 5.11 Å². The number of nitrogens with zero attached hydrogens (tertiary/aromatic N) is 3. The van der Waals surface area contributed by atoms with E-state index in [0.717, 1.165) is 21.3 Å². The number of phenols is 1. The van der Waals surface area contributed by atoms with Gasteiger partial charge in [-0.25, -0.2) is 15.0 Å². The predicted octanol–water partition coefficient (Wildman–Crippen LogP) is 3.36. The van der Waals surface area contributed by atoms with Gasteiger partial charge in [0.15, 0.2) is 0 Å². The summed E-state index contributed by atoms with van der Waals surface area (Å²) < 4.78 is 0. The zero-order valence-corrected chi connectivity index (χ0v) is 11.6. The highest BCUT2D eigenvalue weighted by Gasteiger charge is 2.05. The summed E-state index contributed by atoms with van der Waals surface area (Å²) in [5, 5.41) is 13.5. The highest BCUT2D eigenvalue weighted by atomic mass is 32.1. The van der Waals surface area contributed by atoms with E-state index in [0.29, 0.717) is 5.95 Å². The summed E-state index contributed by atoms with van der Waals surface area (Å²) in [6, 6.07) is 8.68. The Morgan fingerprint density at radius 2 is 2.10 bits per heavy atom. The van der Waals surface area contributed by atoms with Gasteiger partial charge in [0, 0.05) is 24.1 Å². The zero-order valence-electron chi connectivity index (χ0n) is 10.7. The maximum absolute atomic E-state index is 9.44. The second-order valence-electron chi connectivity index (χ2n) is 4.18. The van der Waals surface area contributed by atoms with Crippen LogP contribution in [0.15, 0.2) is 42.7 Å². The second-order valence-corrected chi connectivity index (χ2v) is 5.42. The number of rotatable bonds is 3. The summed E-state index contributed by atoms with van der Waals surface area (Å²) >= 11 is 1.59. The van der Waals surface area contributed by atoms with Crippen molar-refractivity contribution >= 4 is 23.0 Å². The first-order valence-electron chi connectivity index (χ1n) is 6.02. The van der Waals surface area contributed by atoms with E-state index in [1.807, 2.05) is 19.1 Å². The average molecular weight is 284 g/mol. The third kappa shape index (κ3) is 2.75. The lowest BCUT2D eigenvalue weighted by atomic mass is 10.3. The van der Waals surface area contributed by atoms with Crippen molar-refractivity contribution in [3.63, 3.8) is 0 Å². The minimum atomic E-state index is 0.198. The molecule has 0 amide bonds. The molecule has 0 unspecified atom stereocenters. The normalized spacial score (nSPS) is 10.4. The number of phenolic OH excluding ortho intramolecular Hbond substituents is 1. The van der Waals surface area contributed by atoms with E-state index in [2.05, 4.69) is 20.3 Å². The fraction of sp³-hybridized carbons (Fsp3) is 0.0714. The SMILES string of the molecule is Cc1ncc(-c2ccnc(Nc3cccc(O)c3)n2)s1. The van der Waals surface area contributed by atoms with Gasteiger partial charge in [0.1, 0.15) is 5.75 Å². The van der Waals surface area contributed by atoms with Crippen LogP contribution in [-0.4, -0.2) is 20.1 Å².